The molecule has 1 fully saturated rings. The SMILES string of the molecule is CC(=O)N1CC[C@H](F)[C@H](C)C1. The number of hydrogen-bond donors (Lipinski definition) is 0. The number of amides is 1. The Labute approximate surface area is 66.4 Å². The van der Waals surface area contributed by atoms with Gasteiger partial charge in [-0.1, -0.05) is 6.92 Å². The minimum Gasteiger partial charge on any atom is -0.342 e. The van der Waals surface area contributed by atoms with Gasteiger partial charge in [-0.15, -0.1) is 0 Å². The van der Waals surface area contributed by atoms with Gasteiger partial charge in [-0.25, -0.2) is 4.39 Å². The molecule has 0 aromatic rings. The number of halogens is 1. The number of rotatable bonds is 0. The van der Waals surface area contributed by atoms with Crippen molar-refractivity contribution >= 4 is 5.91 Å². The molecule has 1 aliphatic heterocycles. The monoisotopic (exact) mass is 159 g/mol. The number of carbonyl (C=O) groups is 1. The summed E-state index contributed by atoms with van der Waals surface area (Å²) < 4.78 is 12.9. The largest absolute Gasteiger partial charge is 0.342 e. The fraction of sp³-hybridized carbons (Fsp3) is 0.875. The molecule has 0 spiro atoms. The first-order valence-electron chi connectivity index (χ1n) is 4.01. The maximum absolute atomic E-state index is 12.9. The summed E-state index contributed by atoms with van der Waals surface area (Å²) in [6.45, 7) is 4.54. The number of carbonyl (C=O) groups excluding carboxylic acids is 1. The Kier molecular flexibility index (Phi) is 2.47. The van der Waals surface area contributed by atoms with Crippen LogP contribution >= 0.6 is 0 Å². The van der Waals surface area contributed by atoms with Crippen LogP contribution in [0.2, 0.25) is 0 Å². The third-order valence-electron chi connectivity index (χ3n) is 2.25. The van der Waals surface area contributed by atoms with E-state index in [2.05, 4.69) is 0 Å². The molecule has 0 aromatic carbocycles. The molecule has 64 valence electrons. The molecule has 1 heterocycles. The van der Waals surface area contributed by atoms with Crippen LogP contribution in [0.1, 0.15) is 20.3 Å². The van der Waals surface area contributed by atoms with E-state index < -0.39 is 6.17 Å². The molecule has 11 heavy (non-hydrogen) atoms. The molecular weight excluding hydrogens is 145 g/mol. The summed E-state index contributed by atoms with van der Waals surface area (Å²) in [5.41, 5.74) is 0. The molecule has 2 atom stereocenters. The molecule has 2 nitrogen and oxygen atoms in total. The Bertz CT molecular complexity index is 160. The fourth-order valence-corrected chi connectivity index (χ4v) is 1.40. The van der Waals surface area contributed by atoms with Crippen LogP contribution in [-0.4, -0.2) is 30.1 Å². The predicted molar refractivity (Wildman–Crippen MR) is 40.9 cm³/mol. The van der Waals surface area contributed by atoms with Gasteiger partial charge in [-0.3, -0.25) is 4.79 Å². The number of alkyl halides is 1. The first-order valence-corrected chi connectivity index (χ1v) is 4.01. The highest BCUT2D eigenvalue weighted by molar-refractivity contribution is 5.73. The molecule has 1 rings (SSSR count). The van der Waals surface area contributed by atoms with Gasteiger partial charge in [-0.2, -0.15) is 0 Å². The van der Waals surface area contributed by atoms with E-state index >= 15 is 0 Å². The fourth-order valence-electron chi connectivity index (χ4n) is 1.40. The molecule has 0 aromatic heterocycles. The maximum Gasteiger partial charge on any atom is 0.219 e. The van der Waals surface area contributed by atoms with E-state index in [4.69, 9.17) is 0 Å². The molecular formula is C8H14FNO. The van der Waals surface area contributed by atoms with Crippen LogP contribution in [0.4, 0.5) is 4.39 Å². The quantitative estimate of drug-likeness (QED) is 0.520. The lowest BCUT2D eigenvalue weighted by molar-refractivity contribution is -0.131. The normalized spacial score (nSPS) is 32.1. The Balaban J connectivity index is 2.46. The molecule has 1 aliphatic rings. The minimum absolute atomic E-state index is 0.00708. The van der Waals surface area contributed by atoms with Crippen molar-refractivity contribution in [2.75, 3.05) is 13.1 Å². The summed E-state index contributed by atoms with van der Waals surface area (Å²) in [6, 6.07) is 0. The van der Waals surface area contributed by atoms with Crippen LogP contribution in [0.3, 0.4) is 0 Å². The standard InChI is InChI=1S/C8H14FNO/c1-6-5-10(7(2)11)4-3-8(6)9/h6,8H,3-5H2,1-2H3/t6-,8+/m1/s1. The van der Waals surface area contributed by atoms with Crippen molar-refractivity contribution in [2.24, 2.45) is 5.92 Å². The zero-order valence-corrected chi connectivity index (χ0v) is 7.01. The third-order valence-corrected chi connectivity index (χ3v) is 2.25. The first kappa shape index (κ1) is 8.50. The molecule has 3 heteroatoms. The first-order chi connectivity index (χ1) is 5.11. The summed E-state index contributed by atoms with van der Waals surface area (Å²) in [7, 11) is 0. The van der Waals surface area contributed by atoms with Crippen LogP contribution in [0.15, 0.2) is 0 Å². The van der Waals surface area contributed by atoms with Gasteiger partial charge in [0.15, 0.2) is 0 Å². The summed E-state index contributed by atoms with van der Waals surface area (Å²) in [4.78, 5) is 12.6. The van der Waals surface area contributed by atoms with E-state index in [1.807, 2.05) is 6.92 Å². The van der Waals surface area contributed by atoms with Crippen molar-refractivity contribution in [3.8, 4) is 0 Å². The lowest BCUT2D eigenvalue weighted by Crippen LogP contribution is -2.42. The van der Waals surface area contributed by atoms with Gasteiger partial charge in [0.25, 0.3) is 0 Å². The van der Waals surface area contributed by atoms with Gasteiger partial charge < -0.3 is 4.90 Å². The highest BCUT2D eigenvalue weighted by atomic mass is 19.1. The summed E-state index contributed by atoms with van der Waals surface area (Å²) in [5, 5.41) is 0. The average Bonchev–Trinajstić information content (AvgIpc) is 1.94. The van der Waals surface area contributed by atoms with Crippen LogP contribution in [0, 0.1) is 5.92 Å². The van der Waals surface area contributed by atoms with Gasteiger partial charge in [0.2, 0.25) is 5.91 Å². The van der Waals surface area contributed by atoms with E-state index in [0.29, 0.717) is 19.5 Å². The minimum atomic E-state index is -0.717. The molecule has 0 aliphatic carbocycles. The second-order valence-corrected chi connectivity index (χ2v) is 3.25. The Morgan fingerprint density at radius 1 is 1.64 bits per heavy atom. The third kappa shape index (κ3) is 1.91. The number of likely N-dealkylation sites (tertiary alicyclic amines) is 1. The van der Waals surface area contributed by atoms with Crippen molar-refractivity contribution < 1.29 is 9.18 Å². The van der Waals surface area contributed by atoms with E-state index in [0.717, 1.165) is 0 Å². The van der Waals surface area contributed by atoms with E-state index in [1.165, 1.54) is 6.92 Å². The lowest BCUT2D eigenvalue weighted by atomic mass is 9.98. The number of piperidine rings is 1. The van der Waals surface area contributed by atoms with Crippen LogP contribution in [0.5, 0.6) is 0 Å². The summed E-state index contributed by atoms with van der Waals surface area (Å²) in [5.74, 6) is 0.0661. The van der Waals surface area contributed by atoms with Crippen molar-refractivity contribution in [1.82, 2.24) is 4.90 Å². The van der Waals surface area contributed by atoms with E-state index in [-0.39, 0.29) is 11.8 Å². The Morgan fingerprint density at radius 2 is 2.27 bits per heavy atom. The van der Waals surface area contributed by atoms with Crippen molar-refractivity contribution in [1.29, 1.82) is 0 Å². The zero-order valence-electron chi connectivity index (χ0n) is 7.01. The van der Waals surface area contributed by atoms with Gasteiger partial charge in [0, 0.05) is 25.9 Å². The Hall–Kier alpha value is -0.600. The van der Waals surface area contributed by atoms with Gasteiger partial charge >= 0.3 is 0 Å². The molecule has 0 unspecified atom stereocenters. The van der Waals surface area contributed by atoms with Gasteiger partial charge in [0.05, 0.1) is 0 Å². The highest BCUT2D eigenvalue weighted by Crippen LogP contribution is 2.19. The maximum atomic E-state index is 12.9. The zero-order chi connectivity index (χ0) is 8.43. The molecule has 0 bridgehead atoms. The van der Waals surface area contributed by atoms with Crippen LogP contribution in [-0.2, 0) is 4.79 Å². The van der Waals surface area contributed by atoms with Gasteiger partial charge in [-0.05, 0) is 6.42 Å². The molecule has 1 saturated heterocycles. The smallest absolute Gasteiger partial charge is 0.219 e. The summed E-state index contributed by atoms with van der Waals surface area (Å²) >= 11 is 0. The predicted octanol–water partition coefficient (Wildman–Crippen LogP) is 1.21. The summed E-state index contributed by atoms with van der Waals surface area (Å²) in [6.07, 6.45) is -0.216. The van der Waals surface area contributed by atoms with Crippen LogP contribution in [0.25, 0.3) is 0 Å². The van der Waals surface area contributed by atoms with Crippen molar-refractivity contribution in [3.05, 3.63) is 0 Å². The molecule has 0 saturated carbocycles. The average molecular weight is 159 g/mol. The topological polar surface area (TPSA) is 20.3 Å². The second-order valence-electron chi connectivity index (χ2n) is 3.25. The number of hydrogen-bond acceptors (Lipinski definition) is 1. The number of nitrogens with zero attached hydrogens (tertiary/aromatic N) is 1. The second kappa shape index (κ2) is 3.20. The highest BCUT2D eigenvalue weighted by Gasteiger charge is 2.26. The van der Waals surface area contributed by atoms with Crippen molar-refractivity contribution in [3.63, 3.8) is 0 Å². The lowest BCUT2D eigenvalue weighted by Gasteiger charge is -2.32. The van der Waals surface area contributed by atoms with Crippen molar-refractivity contribution in [2.45, 2.75) is 26.4 Å². The Morgan fingerprint density at radius 3 is 2.73 bits per heavy atom. The van der Waals surface area contributed by atoms with E-state index in [1.54, 1.807) is 4.90 Å². The molecule has 0 N–H and O–H groups in total. The van der Waals surface area contributed by atoms with Crippen LogP contribution < -0.4 is 0 Å². The molecule has 1 amide bonds. The van der Waals surface area contributed by atoms with E-state index in [9.17, 15) is 9.18 Å². The molecule has 0 radical (unpaired) electrons. The van der Waals surface area contributed by atoms with Gasteiger partial charge in [0.1, 0.15) is 6.17 Å².